The highest BCUT2D eigenvalue weighted by atomic mass is 16.5. The largest absolute Gasteiger partial charge is 0.496 e. The Morgan fingerprint density at radius 1 is 1.44 bits per heavy atom. The van der Waals surface area contributed by atoms with E-state index in [1.165, 1.54) is 17.4 Å². The van der Waals surface area contributed by atoms with Gasteiger partial charge in [-0.2, -0.15) is 0 Å². The molecule has 0 aliphatic heterocycles. The molecule has 2 N–H and O–H groups in total. The zero-order chi connectivity index (χ0) is 12.7. The predicted molar refractivity (Wildman–Crippen MR) is 72.0 cm³/mol. The molecule has 1 aliphatic carbocycles. The van der Waals surface area contributed by atoms with Crippen LogP contribution in [0.25, 0.3) is 11.0 Å². The molecule has 0 spiro atoms. The summed E-state index contributed by atoms with van der Waals surface area (Å²) in [6, 6.07) is 6.16. The third kappa shape index (κ3) is 1.70. The van der Waals surface area contributed by atoms with Crippen LogP contribution in [0, 0.1) is 5.92 Å². The molecule has 2 aromatic rings. The number of rotatable bonds is 4. The number of ether oxygens (including phenoxy) is 1. The summed E-state index contributed by atoms with van der Waals surface area (Å²) >= 11 is 0. The van der Waals surface area contributed by atoms with E-state index in [1.807, 2.05) is 12.1 Å². The molecule has 96 valence electrons. The van der Waals surface area contributed by atoms with Crippen molar-refractivity contribution in [1.82, 2.24) is 0 Å². The summed E-state index contributed by atoms with van der Waals surface area (Å²) < 4.78 is 11.3. The first kappa shape index (κ1) is 11.6. The van der Waals surface area contributed by atoms with Crippen LogP contribution in [0.3, 0.4) is 0 Å². The molecule has 3 rings (SSSR count). The zero-order valence-corrected chi connectivity index (χ0v) is 10.9. The van der Waals surface area contributed by atoms with Gasteiger partial charge in [0.15, 0.2) is 0 Å². The second-order valence-corrected chi connectivity index (χ2v) is 5.00. The summed E-state index contributed by atoms with van der Waals surface area (Å²) in [6.07, 6.45) is 2.08. The van der Waals surface area contributed by atoms with Gasteiger partial charge in [0.05, 0.1) is 7.11 Å². The maximum absolute atomic E-state index is 5.82. The summed E-state index contributed by atoms with van der Waals surface area (Å²) in [4.78, 5) is 0. The number of furan rings is 1. The topological polar surface area (TPSA) is 48.4 Å². The minimum atomic E-state index is 0.538. The van der Waals surface area contributed by atoms with E-state index in [0.717, 1.165) is 30.1 Å². The number of hydrogen-bond donors (Lipinski definition) is 1. The van der Waals surface area contributed by atoms with Gasteiger partial charge in [0.25, 0.3) is 0 Å². The lowest BCUT2D eigenvalue weighted by molar-refractivity contribution is 0.410. The summed E-state index contributed by atoms with van der Waals surface area (Å²) in [7, 11) is 1.73. The fraction of sp³-hybridized carbons (Fsp3) is 0.467. The second kappa shape index (κ2) is 4.32. The van der Waals surface area contributed by atoms with Crippen LogP contribution in [-0.4, -0.2) is 13.7 Å². The van der Waals surface area contributed by atoms with Gasteiger partial charge in [-0.25, -0.2) is 0 Å². The number of benzene rings is 1. The van der Waals surface area contributed by atoms with Gasteiger partial charge in [-0.3, -0.25) is 0 Å². The molecule has 0 saturated heterocycles. The molecule has 1 fully saturated rings. The number of nitrogens with two attached hydrogens (primary N) is 1. The lowest BCUT2D eigenvalue weighted by atomic mass is 10.0. The van der Waals surface area contributed by atoms with Crippen molar-refractivity contribution in [1.29, 1.82) is 0 Å². The van der Waals surface area contributed by atoms with Crippen molar-refractivity contribution in [2.24, 2.45) is 11.7 Å². The van der Waals surface area contributed by atoms with Crippen molar-refractivity contribution in [2.45, 2.75) is 25.7 Å². The van der Waals surface area contributed by atoms with Crippen molar-refractivity contribution in [2.75, 3.05) is 13.7 Å². The number of hydrogen-bond acceptors (Lipinski definition) is 3. The number of methoxy groups -OCH3 is 1. The van der Waals surface area contributed by atoms with Crippen molar-refractivity contribution in [3.63, 3.8) is 0 Å². The minimum Gasteiger partial charge on any atom is -0.496 e. The molecule has 0 amide bonds. The molecule has 1 aromatic carbocycles. The van der Waals surface area contributed by atoms with Crippen molar-refractivity contribution in [3.05, 3.63) is 29.5 Å². The maximum Gasteiger partial charge on any atom is 0.134 e. The van der Waals surface area contributed by atoms with Crippen LogP contribution in [0.1, 0.15) is 30.6 Å². The van der Waals surface area contributed by atoms with Gasteiger partial charge in [-0.05, 0) is 43.0 Å². The van der Waals surface area contributed by atoms with Crippen molar-refractivity contribution < 1.29 is 9.15 Å². The Labute approximate surface area is 107 Å². The first-order valence-corrected chi connectivity index (χ1v) is 6.57. The Balaban J connectivity index is 2.15. The molecular formula is C15H19NO2. The highest BCUT2D eigenvalue weighted by molar-refractivity contribution is 5.85. The van der Waals surface area contributed by atoms with Crippen LogP contribution in [-0.2, 0) is 6.42 Å². The van der Waals surface area contributed by atoms with E-state index in [2.05, 4.69) is 13.0 Å². The fourth-order valence-corrected chi connectivity index (χ4v) is 2.76. The molecule has 1 saturated carbocycles. The summed E-state index contributed by atoms with van der Waals surface area (Å²) in [5.41, 5.74) is 8.01. The van der Waals surface area contributed by atoms with Gasteiger partial charge in [-0.1, -0.05) is 6.92 Å². The molecule has 3 heteroatoms. The first-order valence-electron chi connectivity index (χ1n) is 6.57. The van der Waals surface area contributed by atoms with Crippen molar-refractivity contribution >= 4 is 11.0 Å². The maximum atomic E-state index is 5.82. The Morgan fingerprint density at radius 2 is 2.28 bits per heavy atom. The molecular weight excluding hydrogens is 226 g/mol. The third-order valence-electron chi connectivity index (χ3n) is 3.92. The van der Waals surface area contributed by atoms with Crippen molar-refractivity contribution in [3.8, 4) is 5.75 Å². The highest BCUT2D eigenvalue weighted by Crippen LogP contribution is 2.52. The molecule has 0 unspecified atom stereocenters. The van der Waals surface area contributed by atoms with E-state index in [-0.39, 0.29) is 0 Å². The van der Waals surface area contributed by atoms with Gasteiger partial charge < -0.3 is 14.9 Å². The van der Waals surface area contributed by atoms with Gasteiger partial charge in [0.1, 0.15) is 17.1 Å². The molecule has 1 aliphatic rings. The van der Waals surface area contributed by atoms with E-state index in [1.54, 1.807) is 7.11 Å². The highest BCUT2D eigenvalue weighted by Gasteiger charge is 2.40. The van der Waals surface area contributed by atoms with E-state index in [9.17, 15) is 0 Å². The number of aryl methyl sites for hydroxylation is 1. The molecule has 0 radical (unpaired) electrons. The summed E-state index contributed by atoms with van der Waals surface area (Å²) in [5.74, 6) is 3.14. The monoisotopic (exact) mass is 245 g/mol. The Bertz CT molecular complexity index is 573. The summed E-state index contributed by atoms with van der Waals surface area (Å²) in [5, 5.41) is 1.20. The first-order chi connectivity index (χ1) is 8.78. The second-order valence-electron chi connectivity index (χ2n) is 5.00. The lowest BCUT2D eigenvalue weighted by Crippen LogP contribution is -2.02. The molecule has 3 nitrogen and oxygen atoms in total. The van der Waals surface area contributed by atoms with Crippen LogP contribution in [0.15, 0.2) is 22.6 Å². The Hall–Kier alpha value is -1.48. The predicted octanol–water partition coefficient (Wildman–Crippen LogP) is 3.07. The fourth-order valence-electron chi connectivity index (χ4n) is 2.76. The SMILES string of the molecule is CCc1cc2c([C@H]3C[C@@H]3CN)c(OC)ccc2o1. The smallest absolute Gasteiger partial charge is 0.134 e. The van der Waals surface area contributed by atoms with Crippen LogP contribution in [0.4, 0.5) is 0 Å². The standard InChI is InChI=1S/C15H19NO2/c1-3-10-7-12-13(18-10)4-5-14(17-2)15(12)11-6-9(11)8-16/h4-5,7,9,11H,3,6,8,16H2,1-2H3/t9-,11+/m1/s1. The Kier molecular flexibility index (Phi) is 2.78. The van der Waals surface area contributed by atoms with E-state index >= 15 is 0 Å². The third-order valence-corrected chi connectivity index (χ3v) is 3.92. The van der Waals surface area contributed by atoms with Crippen LogP contribution in [0.2, 0.25) is 0 Å². The van der Waals surface area contributed by atoms with Gasteiger partial charge in [-0.15, -0.1) is 0 Å². The number of fused-ring (bicyclic) bond motifs is 1. The van der Waals surface area contributed by atoms with E-state index in [4.69, 9.17) is 14.9 Å². The van der Waals surface area contributed by atoms with Crippen LogP contribution < -0.4 is 10.5 Å². The lowest BCUT2D eigenvalue weighted by Gasteiger charge is -2.08. The van der Waals surface area contributed by atoms with Gasteiger partial charge in [0, 0.05) is 17.4 Å². The average molecular weight is 245 g/mol. The van der Waals surface area contributed by atoms with E-state index in [0.29, 0.717) is 11.8 Å². The molecule has 2 atom stereocenters. The molecule has 1 aromatic heterocycles. The average Bonchev–Trinajstić information content (AvgIpc) is 3.06. The quantitative estimate of drug-likeness (QED) is 0.900. The van der Waals surface area contributed by atoms with E-state index < -0.39 is 0 Å². The van der Waals surface area contributed by atoms with Crippen LogP contribution >= 0.6 is 0 Å². The minimum absolute atomic E-state index is 0.538. The van der Waals surface area contributed by atoms with Crippen LogP contribution in [0.5, 0.6) is 5.75 Å². The molecule has 0 bridgehead atoms. The zero-order valence-electron chi connectivity index (χ0n) is 10.9. The summed E-state index contributed by atoms with van der Waals surface area (Å²) in [6.45, 7) is 2.86. The normalized spacial score (nSPS) is 22.4. The van der Waals surface area contributed by atoms with Gasteiger partial charge >= 0.3 is 0 Å². The molecule has 1 heterocycles. The molecule has 18 heavy (non-hydrogen) atoms. The van der Waals surface area contributed by atoms with Gasteiger partial charge in [0.2, 0.25) is 0 Å². The Morgan fingerprint density at radius 3 is 2.89 bits per heavy atom.